The molecule has 0 heterocycles. The van der Waals surface area contributed by atoms with Gasteiger partial charge in [-0.25, -0.2) is 0 Å². The minimum absolute atomic E-state index is 0.0583. The van der Waals surface area contributed by atoms with E-state index >= 15 is 0 Å². The molecule has 0 saturated heterocycles. The van der Waals surface area contributed by atoms with E-state index in [9.17, 15) is 10.1 Å². The van der Waals surface area contributed by atoms with Crippen molar-refractivity contribution in [1.82, 2.24) is 5.59 Å². The summed E-state index contributed by atoms with van der Waals surface area (Å²) in [6.45, 7) is 0. The first-order valence-corrected chi connectivity index (χ1v) is 3.52. The number of nitro groups is 1. The van der Waals surface area contributed by atoms with E-state index < -0.39 is 4.92 Å². The monoisotopic (exact) mass is 183 g/mol. The summed E-state index contributed by atoms with van der Waals surface area (Å²) >= 11 is 0. The summed E-state index contributed by atoms with van der Waals surface area (Å²) in [4.78, 5) is 14.3. The summed E-state index contributed by atoms with van der Waals surface area (Å²) in [5, 5.41) is 10.3. The van der Waals surface area contributed by atoms with E-state index in [4.69, 9.17) is 0 Å². The number of nitro benzene ring substituents is 1. The normalized spacial score (nSPS) is 9.62. The number of rotatable bonds is 4. The van der Waals surface area contributed by atoms with E-state index in [1.54, 1.807) is 12.1 Å². The zero-order chi connectivity index (χ0) is 9.68. The van der Waals surface area contributed by atoms with Gasteiger partial charge in [0, 0.05) is 12.1 Å². The van der Waals surface area contributed by atoms with Gasteiger partial charge in [-0.05, 0) is 12.1 Å². The Morgan fingerprint density at radius 3 is 2.46 bits per heavy atom. The molecule has 0 spiro atoms. The summed E-state index contributed by atoms with van der Waals surface area (Å²) in [7, 11) is 1.46. The van der Waals surface area contributed by atoms with Crippen LogP contribution in [0, 0.1) is 10.1 Å². The summed E-state index contributed by atoms with van der Waals surface area (Å²) in [5.74, 6) is 0. The van der Waals surface area contributed by atoms with Crippen molar-refractivity contribution in [3.05, 3.63) is 34.4 Å². The molecule has 0 atom stereocenters. The first-order valence-electron chi connectivity index (χ1n) is 3.52. The van der Waals surface area contributed by atoms with Crippen LogP contribution in [0.15, 0.2) is 24.3 Å². The van der Waals surface area contributed by atoms with Crippen LogP contribution in [0.3, 0.4) is 0 Å². The summed E-state index contributed by atoms with van der Waals surface area (Å²) < 4.78 is 0. The predicted molar refractivity (Wildman–Crippen MR) is 46.9 cm³/mol. The van der Waals surface area contributed by atoms with E-state index in [0.717, 1.165) is 0 Å². The van der Waals surface area contributed by atoms with Gasteiger partial charge in [-0.3, -0.25) is 20.4 Å². The second-order valence-corrected chi connectivity index (χ2v) is 2.24. The molecule has 0 saturated carbocycles. The first kappa shape index (κ1) is 9.43. The molecule has 70 valence electrons. The van der Waals surface area contributed by atoms with Gasteiger partial charge in [-0.2, -0.15) is 0 Å². The van der Waals surface area contributed by atoms with Gasteiger partial charge in [0.05, 0.1) is 17.7 Å². The lowest BCUT2D eigenvalue weighted by atomic mass is 10.3. The van der Waals surface area contributed by atoms with Crippen LogP contribution in [0.25, 0.3) is 0 Å². The summed E-state index contributed by atoms with van der Waals surface area (Å²) in [5.41, 5.74) is 5.80. The van der Waals surface area contributed by atoms with Crippen LogP contribution in [-0.4, -0.2) is 12.0 Å². The van der Waals surface area contributed by atoms with Crippen LogP contribution in [0.1, 0.15) is 0 Å². The van der Waals surface area contributed by atoms with Crippen molar-refractivity contribution in [2.45, 2.75) is 0 Å². The van der Waals surface area contributed by atoms with Crippen LogP contribution in [0.4, 0.5) is 11.4 Å². The van der Waals surface area contributed by atoms with E-state index in [-0.39, 0.29) is 5.69 Å². The van der Waals surface area contributed by atoms with Crippen molar-refractivity contribution in [3.8, 4) is 0 Å². The molecule has 2 N–H and O–H groups in total. The SMILES string of the molecule is CONNc1ccc([N+](=O)[O-])cc1. The van der Waals surface area contributed by atoms with Gasteiger partial charge in [0.2, 0.25) is 0 Å². The number of benzene rings is 1. The average Bonchev–Trinajstić information content (AvgIpc) is 2.15. The van der Waals surface area contributed by atoms with Gasteiger partial charge in [-0.1, -0.05) is 0 Å². The first-order chi connectivity index (χ1) is 6.24. The zero-order valence-corrected chi connectivity index (χ0v) is 6.98. The quantitative estimate of drug-likeness (QED) is 0.539. The highest BCUT2D eigenvalue weighted by molar-refractivity contribution is 5.47. The number of nitrogens with one attached hydrogen (secondary N) is 2. The number of hydrogen-bond donors (Lipinski definition) is 2. The van der Waals surface area contributed by atoms with Crippen molar-refractivity contribution >= 4 is 11.4 Å². The molecule has 0 aliphatic heterocycles. The van der Waals surface area contributed by atoms with Crippen LogP contribution >= 0.6 is 0 Å². The number of non-ortho nitro benzene ring substituents is 1. The molecule has 0 aliphatic carbocycles. The van der Waals surface area contributed by atoms with Gasteiger partial charge in [0.1, 0.15) is 0 Å². The lowest BCUT2D eigenvalue weighted by molar-refractivity contribution is -0.384. The van der Waals surface area contributed by atoms with Crippen LogP contribution in [0.5, 0.6) is 0 Å². The zero-order valence-electron chi connectivity index (χ0n) is 6.98. The molecule has 0 radical (unpaired) electrons. The molecule has 0 bridgehead atoms. The highest BCUT2D eigenvalue weighted by Gasteiger charge is 2.02. The van der Waals surface area contributed by atoms with Crippen molar-refractivity contribution in [1.29, 1.82) is 0 Å². The number of hydrazine groups is 1. The molecule has 1 aromatic rings. The van der Waals surface area contributed by atoms with Gasteiger partial charge in [-0.15, -0.1) is 5.59 Å². The lowest BCUT2D eigenvalue weighted by Crippen LogP contribution is -2.19. The average molecular weight is 183 g/mol. The topological polar surface area (TPSA) is 76.4 Å². The molecule has 1 rings (SSSR count). The Bertz CT molecular complexity index is 286. The summed E-state index contributed by atoms with van der Waals surface area (Å²) in [6.07, 6.45) is 0. The minimum Gasteiger partial charge on any atom is -0.299 e. The molecular formula is C7H9N3O3. The Kier molecular flexibility index (Phi) is 3.18. The van der Waals surface area contributed by atoms with Crippen molar-refractivity contribution in [2.24, 2.45) is 0 Å². The Morgan fingerprint density at radius 1 is 1.38 bits per heavy atom. The molecule has 0 unspecified atom stereocenters. The fourth-order valence-electron chi connectivity index (χ4n) is 0.776. The number of nitrogens with zero attached hydrogens (tertiary/aromatic N) is 1. The highest BCUT2D eigenvalue weighted by atomic mass is 16.7. The van der Waals surface area contributed by atoms with E-state index in [1.165, 1.54) is 19.2 Å². The Labute approximate surface area is 74.6 Å². The van der Waals surface area contributed by atoms with Gasteiger partial charge < -0.3 is 0 Å². The van der Waals surface area contributed by atoms with E-state index in [1.807, 2.05) is 0 Å². The number of anilines is 1. The van der Waals surface area contributed by atoms with Crippen LogP contribution in [-0.2, 0) is 4.84 Å². The second kappa shape index (κ2) is 4.39. The minimum atomic E-state index is -0.451. The maximum Gasteiger partial charge on any atom is 0.269 e. The Balaban J connectivity index is 2.64. The molecule has 1 aromatic carbocycles. The Morgan fingerprint density at radius 2 is 2.00 bits per heavy atom. The summed E-state index contributed by atoms with van der Waals surface area (Å²) in [6, 6.07) is 5.95. The molecule has 13 heavy (non-hydrogen) atoms. The standard InChI is InChI=1S/C7H9N3O3/c1-13-9-8-6-2-4-7(5-3-6)10(11)12/h2-5,8-9H,1H3. The highest BCUT2D eigenvalue weighted by Crippen LogP contribution is 2.14. The second-order valence-electron chi connectivity index (χ2n) is 2.24. The maximum absolute atomic E-state index is 10.3. The Hall–Kier alpha value is -1.66. The van der Waals surface area contributed by atoms with Gasteiger partial charge in [0.25, 0.3) is 5.69 Å². The lowest BCUT2D eigenvalue weighted by Gasteiger charge is -2.04. The van der Waals surface area contributed by atoms with E-state index in [0.29, 0.717) is 5.69 Å². The number of hydrogen-bond acceptors (Lipinski definition) is 5. The third-order valence-corrected chi connectivity index (χ3v) is 1.38. The van der Waals surface area contributed by atoms with E-state index in [2.05, 4.69) is 15.9 Å². The van der Waals surface area contributed by atoms with Crippen LogP contribution < -0.4 is 11.0 Å². The fraction of sp³-hybridized carbons (Fsp3) is 0.143. The maximum atomic E-state index is 10.3. The third kappa shape index (κ3) is 2.69. The van der Waals surface area contributed by atoms with Crippen molar-refractivity contribution < 1.29 is 9.76 Å². The molecule has 6 heteroatoms. The molecular weight excluding hydrogens is 174 g/mol. The van der Waals surface area contributed by atoms with Crippen LogP contribution in [0.2, 0.25) is 0 Å². The van der Waals surface area contributed by atoms with Crippen molar-refractivity contribution in [2.75, 3.05) is 12.5 Å². The molecule has 6 nitrogen and oxygen atoms in total. The predicted octanol–water partition coefficient (Wildman–Crippen LogP) is 1.07. The molecule has 0 fully saturated rings. The van der Waals surface area contributed by atoms with Gasteiger partial charge in [0.15, 0.2) is 0 Å². The smallest absolute Gasteiger partial charge is 0.269 e. The molecule has 0 aliphatic rings. The third-order valence-electron chi connectivity index (χ3n) is 1.38. The van der Waals surface area contributed by atoms with Crippen molar-refractivity contribution in [3.63, 3.8) is 0 Å². The molecule has 0 amide bonds. The largest absolute Gasteiger partial charge is 0.299 e. The fourth-order valence-corrected chi connectivity index (χ4v) is 0.776. The molecule has 0 aromatic heterocycles. The van der Waals surface area contributed by atoms with Gasteiger partial charge >= 0.3 is 0 Å².